The van der Waals surface area contributed by atoms with Crippen LogP contribution in [0.3, 0.4) is 0 Å². The molecule has 0 aliphatic heterocycles. The average molecular weight is 290 g/mol. The van der Waals surface area contributed by atoms with Gasteiger partial charge in [-0.25, -0.2) is 0 Å². The third-order valence-corrected chi connectivity index (χ3v) is 3.98. The molecule has 0 saturated carbocycles. The van der Waals surface area contributed by atoms with Crippen LogP contribution in [0.2, 0.25) is 0 Å². The van der Waals surface area contributed by atoms with Crippen molar-refractivity contribution in [3.8, 4) is 0 Å². The Hall–Kier alpha value is -1.62. The zero-order valence-electron chi connectivity index (χ0n) is 13.7. The summed E-state index contributed by atoms with van der Waals surface area (Å²) in [6, 6.07) is 2.09. The number of aliphatic hydroxyl groups is 1. The molecule has 2 aromatic heterocycles. The van der Waals surface area contributed by atoms with Gasteiger partial charge in [-0.15, -0.1) is 0 Å². The van der Waals surface area contributed by atoms with E-state index < -0.39 is 6.10 Å². The average Bonchev–Trinajstić information content (AvgIpc) is 2.98. The molecule has 0 bridgehead atoms. The van der Waals surface area contributed by atoms with E-state index in [0.717, 1.165) is 47.6 Å². The molecular formula is C16H26N4O. The van der Waals surface area contributed by atoms with E-state index in [1.807, 2.05) is 30.3 Å². The van der Waals surface area contributed by atoms with Gasteiger partial charge >= 0.3 is 0 Å². The van der Waals surface area contributed by atoms with Crippen molar-refractivity contribution in [1.29, 1.82) is 0 Å². The minimum absolute atomic E-state index is 0.420. The minimum atomic E-state index is -0.420. The van der Waals surface area contributed by atoms with Gasteiger partial charge in [0.2, 0.25) is 0 Å². The van der Waals surface area contributed by atoms with Gasteiger partial charge in [0.15, 0.2) is 0 Å². The van der Waals surface area contributed by atoms with E-state index in [9.17, 15) is 5.11 Å². The van der Waals surface area contributed by atoms with Crippen LogP contribution in [0, 0.1) is 6.92 Å². The zero-order valence-corrected chi connectivity index (χ0v) is 13.7. The summed E-state index contributed by atoms with van der Waals surface area (Å²) in [4.78, 5) is 0. The lowest BCUT2D eigenvalue weighted by Crippen LogP contribution is -2.11. The quantitative estimate of drug-likeness (QED) is 0.889. The van der Waals surface area contributed by atoms with E-state index in [0.29, 0.717) is 6.54 Å². The van der Waals surface area contributed by atoms with Gasteiger partial charge < -0.3 is 5.11 Å². The molecule has 0 aliphatic carbocycles. The van der Waals surface area contributed by atoms with Crippen molar-refractivity contribution in [2.75, 3.05) is 0 Å². The highest BCUT2D eigenvalue weighted by Crippen LogP contribution is 2.26. The summed E-state index contributed by atoms with van der Waals surface area (Å²) in [5, 5.41) is 19.4. The molecule has 0 amide bonds. The van der Waals surface area contributed by atoms with E-state index in [4.69, 9.17) is 5.10 Å². The Labute approximate surface area is 126 Å². The monoisotopic (exact) mass is 290 g/mol. The van der Waals surface area contributed by atoms with Crippen molar-refractivity contribution in [3.05, 3.63) is 34.4 Å². The second kappa shape index (κ2) is 6.43. The van der Waals surface area contributed by atoms with Crippen LogP contribution in [0.15, 0.2) is 6.07 Å². The Bertz CT molecular complexity index is 612. The van der Waals surface area contributed by atoms with Crippen molar-refractivity contribution in [1.82, 2.24) is 19.6 Å². The highest BCUT2D eigenvalue weighted by atomic mass is 16.3. The molecule has 5 nitrogen and oxygen atoms in total. The van der Waals surface area contributed by atoms with Crippen LogP contribution in [0.5, 0.6) is 0 Å². The fourth-order valence-corrected chi connectivity index (χ4v) is 2.88. The number of hydrogen-bond acceptors (Lipinski definition) is 3. The Morgan fingerprint density at radius 2 is 1.90 bits per heavy atom. The lowest BCUT2D eigenvalue weighted by atomic mass is 10.0. The number of hydrogen-bond donors (Lipinski definition) is 1. The number of nitrogens with zero attached hydrogens (tertiary/aromatic N) is 4. The van der Waals surface area contributed by atoms with E-state index in [2.05, 4.69) is 25.0 Å². The Morgan fingerprint density at radius 1 is 1.19 bits per heavy atom. The SMILES string of the molecule is CCc1nn(Cc2cc(C)nn2C)c(CC)c1C(O)CC. The van der Waals surface area contributed by atoms with Crippen molar-refractivity contribution in [2.45, 2.75) is 59.6 Å². The molecule has 116 valence electrons. The highest BCUT2D eigenvalue weighted by molar-refractivity contribution is 5.30. The summed E-state index contributed by atoms with van der Waals surface area (Å²) in [6.45, 7) is 8.91. The van der Waals surface area contributed by atoms with E-state index >= 15 is 0 Å². The first-order valence-electron chi connectivity index (χ1n) is 7.77. The maximum Gasteiger partial charge on any atom is 0.0831 e. The number of aliphatic hydroxyl groups excluding tert-OH is 1. The molecule has 0 spiro atoms. The fraction of sp³-hybridized carbons (Fsp3) is 0.625. The third kappa shape index (κ3) is 3.02. The fourth-order valence-electron chi connectivity index (χ4n) is 2.88. The second-order valence-corrected chi connectivity index (χ2v) is 5.50. The first-order chi connectivity index (χ1) is 10.0. The van der Waals surface area contributed by atoms with Crippen molar-refractivity contribution in [3.63, 3.8) is 0 Å². The molecule has 0 aromatic carbocycles. The predicted octanol–water partition coefficient (Wildman–Crippen LogP) is 2.54. The molecule has 21 heavy (non-hydrogen) atoms. The molecule has 0 saturated heterocycles. The molecule has 2 aromatic rings. The van der Waals surface area contributed by atoms with Gasteiger partial charge in [0.25, 0.3) is 0 Å². The van der Waals surface area contributed by atoms with Crippen LogP contribution in [-0.2, 0) is 26.4 Å². The van der Waals surface area contributed by atoms with Crippen LogP contribution < -0.4 is 0 Å². The van der Waals surface area contributed by atoms with Crippen LogP contribution >= 0.6 is 0 Å². The first-order valence-corrected chi connectivity index (χ1v) is 7.77. The summed E-state index contributed by atoms with van der Waals surface area (Å²) >= 11 is 0. The predicted molar refractivity (Wildman–Crippen MR) is 83.3 cm³/mol. The molecule has 2 heterocycles. The molecule has 0 radical (unpaired) electrons. The minimum Gasteiger partial charge on any atom is -0.388 e. The van der Waals surface area contributed by atoms with Gasteiger partial charge in [0, 0.05) is 18.3 Å². The summed E-state index contributed by atoms with van der Waals surface area (Å²) in [5.41, 5.74) is 5.33. The molecule has 2 rings (SSSR count). The maximum atomic E-state index is 10.3. The molecule has 0 aliphatic rings. The highest BCUT2D eigenvalue weighted by Gasteiger charge is 2.21. The standard InChI is InChI=1S/C16H26N4O/c1-6-13-16(15(21)8-3)14(7-2)20(18-13)10-12-9-11(4)17-19(12)5/h9,15,21H,6-8,10H2,1-5H3. The Morgan fingerprint density at radius 3 is 2.38 bits per heavy atom. The van der Waals surface area contributed by atoms with E-state index in [1.54, 1.807) is 0 Å². The smallest absolute Gasteiger partial charge is 0.0831 e. The van der Waals surface area contributed by atoms with Crippen LogP contribution in [0.25, 0.3) is 0 Å². The first kappa shape index (κ1) is 15.8. The lowest BCUT2D eigenvalue weighted by molar-refractivity contribution is 0.171. The van der Waals surface area contributed by atoms with Gasteiger partial charge in [-0.05, 0) is 32.3 Å². The molecule has 1 atom stereocenters. The zero-order chi connectivity index (χ0) is 15.6. The summed E-state index contributed by atoms with van der Waals surface area (Å²) in [5.74, 6) is 0. The summed E-state index contributed by atoms with van der Waals surface area (Å²) in [7, 11) is 1.96. The maximum absolute atomic E-state index is 10.3. The molecule has 1 N–H and O–H groups in total. The number of aryl methyl sites for hydroxylation is 3. The molecule has 5 heteroatoms. The van der Waals surface area contributed by atoms with E-state index in [1.165, 1.54) is 0 Å². The second-order valence-electron chi connectivity index (χ2n) is 5.50. The van der Waals surface area contributed by atoms with Crippen LogP contribution in [0.4, 0.5) is 0 Å². The molecular weight excluding hydrogens is 264 g/mol. The summed E-state index contributed by atoms with van der Waals surface area (Å²) < 4.78 is 3.93. The van der Waals surface area contributed by atoms with Gasteiger partial charge in [0.05, 0.1) is 29.7 Å². The summed E-state index contributed by atoms with van der Waals surface area (Å²) in [6.07, 6.45) is 2.01. The van der Waals surface area contributed by atoms with Crippen molar-refractivity contribution >= 4 is 0 Å². The van der Waals surface area contributed by atoms with Gasteiger partial charge in [-0.3, -0.25) is 9.36 Å². The van der Waals surface area contributed by atoms with Crippen LogP contribution in [0.1, 0.15) is 61.6 Å². The third-order valence-electron chi connectivity index (χ3n) is 3.98. The number of rotatable bonds is 6. The topological polar surface area (TPSA) is 55.9 Å². The Balaban J connectivity index is 2.44. The molecule has 0 fully saturated rings. The van der Waals surface area contributed by atoms with Crippen LogP contribution in [-0.4, -0.2) is 24.7 Å². The Kier molecular flexibility index (Phi) is 4.83. The van der Waals surface area contributed by atoms with Crippen molar-refractivity contribution < 1.29 is 5.11 Å². The van der Waals surface area contributed by atoms with E-state index in [-0.39, 0.29) is 0 Å². The largest absolute Gasteiger partial charge is 0.388 e. The number of aromatic nitrogens is 4. The normalized spacial score (nSPS) is 12.9. The van der Waals surface area contributed by atoms with Crippen molar-refractivity contribution in [2.24, 2.45) is 7.05 Å². The van der Waals surface area contributed by atoms with Gasteiger partial charge in [0.1, 0.15) is 0 Å². The van der Waals surface area contributed by atoms with Gasteiger partial charge in [-0.1, -0.05) is 20.8 Å². The lowest BCUT2D eigenvalue weighted by Gasteiger charge is -2.12. The molecule has 1 unspecified atom stereocenters. The van der Waals surface area contributed by atoms with Gasteiger partial charge in [-0.2, -0.15) is 10.2 Å².